The Hall–Kier alpha value is -3.55. The highest BCUT2D eigenvalue weighted by molar-refractivity contribution is 6.13. The molecule has 0 fully saturated rings. The average Bonchev–Trinajstić information content (AvgIpc) is 2.68. The highest BCUT2D eigenvalue weighted by atomic mass is 19.2. The maximum Gasteiger partial charge on any atom is 0.407 e. The van der Waals surface area contributed by atoms with Gasteiger partial charge in [-0.05, 0) is 18.2 Å². The smallest absolute Gasteiger partial charge is 0.407 e. The van der Waals surface area contributed by atoms with Crippen LogP contribution < -0.4 is 5.32 Å². The number of nitrogens with one attached hydrogen (secondary N) is 1. The number of anilines is 1. The summed E-state index contributed by atoms with van der Waals surface area (Å²) in [6.45, 7) is 0.320. The first-order valence-electron chi connectivity index (χ1n) is 8.59. The van der Waals surface area contributed by atoms with Crippen molar-refractivity contribution in [2.45, 2.75) is 13.0 Å². The number of aromatic nitrogens is 1. The van der Waals surface area contributed by atoms with Crippen LogP contribution in [0.1, 0.15) is 21.6 Å². The number of carbonyl (C=O) groups excluding carboxylic acids is 1. The van der Waals surface area contributed by atoms with Crippen molar-refractivity contribution in [2.75, 3.05) is 11.9 Å². The Morgan fingerprint density at radius 1 is 1.11 bits per heavy atom. The monoisotopic (exact) mass is 383 g/mol. The van der Waals surface area contributed by atoms with Crippen molar-refractivity contribution < 1.29 is 23.5 Å². The Balaban J connectivity index is 1.82. The summed E-state index contributed by atoms with van der Waals surface area (Å²) < 4.78 is 26.6. The van der Waals surface area contributed by atoms with Gasteiger partial charge < -0.3 is 15.3 Å². The number of halogens is 2. The van der Waals surface area contributed by atoms with Crippen molar-refractivity contribution >= 4 is 28.6 Å². The molecule has 0 unspecified atom stereocenters. The van der Waals surface area contributed by atoms with Gasteiger partial charge in [0.05, 0.1) is 17.6 Å². The van der Waals surface area contributed by atoms with E-state index < -0.39 is 23.6 Å². The van der Waals surface area contributed by atoms with Crippen molar-refractivity contribution in [3.8, 4) is 0 Å². The lowest BCUT2D eigenvalue weighted by molar-refractivity contribution is 0.102. The summed E-state index contributed by atoms with van der Waals surface area (Å²) in [5.41, 5.74) is 2.18. The third kappa shape index (κ3) is 3.13. The quantitative estimate of drug-likeness (QED) is 0.705. The lowest BCUT2D eigenvalue weighted by Crippen LogP contribution is -2.36. The van der Waals surface area contributed by atoms with Gasteiger partial charge in [0.1, 0.15) is 0 Å². The second-order valence-electron chi connectivity index (χ2n) is 6.47. The minimum atomic E-state index is -1.08. The zero-order valence-electron chi connectivity index (χ0n) is 14.6. The van der Waals surface area contributed by atoms with Crippen molar-refractivity contribution in [1.29, 1.82) is 0 Å². The van der Waals surface area contributed by atoms with Crippen LogP contribution in [-0.2, 0) is 13.0 Å². The molecule has 0 aliphatic carbocycles. The molecule has 2 N–H and O–H groups in total. The standard InChI is InChI=1S/C20H15F2N3O3/c21-14-6-5-11(9-15(14)22)23-19(26)18-12-3-1-2-4-16(12)24-17-7-8-25(20(27)28)10-13(17)18/h1-6,9H,7-8,10H2,(H,23,26)(H,27,28). The number of amides is 2. The Morgan fingerprint density at radius 3 is 2.64 bits per heavy atom. The van der Waals surface area contributed by atoms with Crippen LogP contribution >= 0.6 is 0 Å². The van der Waals surface area contributed by atoms with E-state index in [2.05, 4.69) is 10.3 Å². The van der Waals surface area contributed by atoms with E-state index in [-0.39, 0.29) is 24.3 Å². The van der Waals surface area contributed by atoms with Crippen LogP contribution in [0.4, 0.5) is 19.3 Å². The Kier molecular flexibility index (Phi) is 4.38. The molecule has 142 valence electrons. The van der Waals surface area contributed by atoms with Crippen molar-refractivity contribution in [3.05, 3.63) is 70.9 Å². The molecule has 1 aliphatic rings. The summed E-state index contributed by atoms with van der Waals surface area (Å²) in [6.07, 6.45) is -0.691. The zero-order valence-corrected chi connectivity index (χ0v) is 14.6. The van der Waals surface area contributed by atoms with Crippen molar-refractivity contribution in [3.63, 3.8) is 0 Å². The molecule has 3 aromatic rings. The van der Waals surface area contributed by atoms with Crippen LogP contribution in [-0.4, -0.2) is 33.5 Å². The molecule has 1 aromatic heterocycles. The summed E-state index contributed by atoms with van der Waals surface area (Å²) in [4.78, 5) is 30.2. The molecule has 4 rings (SSSR count). The van der Waals surface area contributed by atoms with Gasteiger partial charge in [-0.25, -0.2) is 13.6 Å². The first-order chi connectivity index (χ1) is 13.4. The van der Waals surface area contributed by atoms with Crippen LogP contribution in [0.5, 0.6) is 0 Å². The highest BCUT2D eigenvalue weighted by Gasteiger charge is 2.28. The van der Waals surface area contributed by atoms with E-state index in [0.29, 0.717) is 28.6 Å². The number of carboxylic acid groups (broad SMARTS) is 1. The fourth-order valence-corrected chi connectivity index (χ4v) is 3.38. The number of rotatable bonds is 2. The van der Waals surface area contributed by atoms with Gasteiger partial charge in [0.2, 0.25) is 0 Å². The SMILES string of the molecule is O=C(Nc1ccc(F)c(F)c1)c1c2c(nc3ccccc13)CCN(C(=O)O)C2. The summed E-state index contributed by atoms with van der Waals surface area (Å²) >= 11 is 0. The second-order valence-corrected chi connectivity index (χ2v) is 6.47. The molecular weight excluding hydrogens is 368 g/mol. The van der Waals surface area contributed by atoms with Gasteiger partial charge >= 0.3 is 6.09 Å². The van der Waals surface area contributed by atoms with Crippen LogP contribution in [0.15, 0.2) is 42.5 Å². The largest absolute Gasteiger partial charge is 0.465 e. The molecular formula is C20H15F2N3O3. The van der Waals surface area contributed by atoms with Gasteiger partial charge in [0, 0.05) is 41.4 Å². The predicted molar refractivity (Wildman–Crippen MR) is 98.2 cm³/mol. The van der Waals surface area contributed by atoms with E-state index in [9.17, 15) is 23.5 Å². The fraction of sp³-hybridized carbons (Fsp3) is 0.150. The maximum absolute atomic E-state index is 13.5. The molecule has 0 radical (unpaired) electrons. The normalized spacial score (nSPS) is 13.3. The number of fused-ring (bicyclic) bond motifs is 2. The van der Waals surface area contributed by atoms with E-state index in [4.69, 9.17) is 0 Å². The van der Waals surface area contributed by atoms with E-state index in [1.54, 1.807) is 24.3 Å². The second kappa shape index (κ2) is 6.88. The van der Waals surface area contributed by atoms with Gasteiger partial charge in [-0.3, -0.25) is 9.78 Å². The van der Waals surface area contributed by atoms with E-state index in [0.717, 1.165) is 12.1 Å². The predicted octanol–water partition coefficient (Wildman–Crippen LogP) is 3.80. The number of benzene rings is 2. The number of nitrogens with zero attached hydrogens (tertiary/aromatic N) is 2. The molecule has 6 nitrogen and oxygen atoms in total. The van der Waals surface area contributed by atoms with Gasteiger partial charge in [-0.2, -0.15) is 0 Å². The van der Waals surface area contributed by atoms with Gasteiger partial charge in [0.15, 0.2) is 11.6 Å². The van der Waals surface area contributed by atoms with Crippen molar-refractivity contribution in [2.24, 2.45) is 0 Å². The molecule has 2 heterocycles. The first kappa shape index (κ1) is 17.8. The Morgan fingerprint density at radius 2 is 1.89 bits per heavy atom. The third-order valence-electron chi connectivity index (χ3n) is 4.72. The first-order valence-corrected chi connectivity index (χ1v) is 8.59. The van der Waals surface area contributed by atoms with E-state index >= 15 is 0 Å². The number of hydrogen-bond donors (Lipinski definition) is 2. The summed E-state index contributed by atoms with van der Waals surface area (Å²) in [6, 6.07) is 10.1. The molecule has 1 aliphatic heterocycles. The number of hydrogen-bond acceptors (Lipinski definition) is 3. The van der Waals surface area contributed by atoms with E-state index in [1.165, 1.54) is 11.0 Å². The van der Waals surface area contributed by atoms with E-state index in [1.807, 2.05) is 0 Å². The highest BCUT2D eigenvalue weighted by Crippen LogP contribution is 2.29. The minimum Gasteiger partial charge on any atom is -0.465 e. The molecule has 2 amide bonds. The zero-order chi connectivity index (χ0) is 19.8. The topological polar surface area (TPSA) is 82.5 Å². The van der Waals surface area contributed by atoms with Crippen molar-refractivity contribution in [1.82, 2.24) is 9.88 Å². The molecule has 0 spiro atoms. The number of carbonyl (C=O) groups is 2. The Bertz CT molecular complexity index is 1120. The third-order valence-corrected chi connectivity index (χ3v) is 4.72. The molecule has 0 saturated carbocycles. The van der Waals surface area contributed by atoms with Gasteiger partial charge in [-0.15, -0.1) is 0 Å². The van der Waals surface area contributed by atoms with Gasteiger partial charge in [0.25, 0.3) is 5.91 Å². The molecule has 0 atom stereocenters. The van der Waals surface area contributed by atoms with Crippen LogP contribution in [0, 0.1) is 11.6 Å². The molecule has 0 bridgehead atoms. The summed E-state index contributed by atoms with van der Waals surface area (Å²) in [5, 5.41) is 12.5. The molecule has 2 aromatic carbocycles. The minimum absolute atomic E-state index is 0.0308. The van der Waals surface area contributed by atoms with Crippen LogP contribution in [0.2, 0.25) is 0 Å². The molecule has 0 saturated heterocycles. The van der Waals surface area contributed by atoms with Crippen LogP contribution in [0.25, 0.3) is 10.9 Å². The van der Waals surface area contributed by atoms with Crippen LogP contribution in [0.3, 0.4) is 0 Å². The number of pyridine rings is 1. The molecule has 8 heteroatoms. The molecule has 28 heavy (non-hydrogen) atoms. The lowest BCUT2D eigenvalue weighted by Gasteiger charge is -2.28. The maximum atomic E-state index is 13.5. The number of para-hydroxylation sites is 1. The Labute approximate surface area is 158 Å². The average molecular weight is 383 g/mol. The van der Waals surface area contributed by atoms with Gasteiger partial charge in [-0.1, -0.05) is 18.2 Å². The summed E-state index contributed by atoms with van der Waals surface area (Å²) in [7, 11) is 0. The fourth-order valence-electron chi connectivity index (χ4n) is 3.38. The lowest BCUT2D eigenvalue weighted by atomic mass is 9.95. The summed E-state index contributed by atoms with van der Waals surface area (Å²) in [5.74, 6) is -2.62.